The number of carboxylic acid groups (broad SMARTS) is 1. The molecule has 0 bridgehead atoms. The van der Waals surface area contributed by atoms with Gasteiger partial charge in [0.1, 0.15) is 6.42 Å². The molecule has 0 saturated carbocycles. The number of aliphatic carboxylic acids is 1. The maximum Gasteiger partial charge on any atom is 0.309 e. The highest BCUT2D eigenvalue weighted by Gasteiger charge is 2.38. The first-order valence-electron chi connectivity index (χ1n) is 4.44. The Bertz CT molecular complexity index is 448. The van der Waals surface area contributed by atoms with Gasteiger partial charge in [-0.25, -0.2) is 8.78 Å². The number of methoxy groups -OCH3 is 1. The Hall–Kier alpha value is -1.56. The molecular weight excluding hydrogens is 258 g/mol. The van der Waals surface area contributed by atoms with Gasteiger partial charge in [0.05, 0.1) is 12.7 Å². The Kier molecular flexibility index (Phi) is 3.77. The molecule has 17 heavy (non-hydrogen) atoms. The zero-order valence-electron chi connectivity index (χ0n) is 8.71. The van der Waals surface area contributed by atoms with Crippen molar-refractivity contribution < 1.29 is 28.5 Å². The monoisotopic (exact) mass is 266 g/mol. The van der Waals surface area contributed by atoms with Crippen molar-refractivity contribution in [2.45, 2.75) is 12.3 Å². The third-order valence-electron chi connectivity index (χ3n) is 2.03. The normalized spacial score (nSPS) is 11.3. The van der Waals surface area contributed by atoms with Gasteiger partial charge in [-0.2, -0.15) is 0 Å². The Morgan fingerprint density at radius 1 is 1.53 bits per heavy atom. The summed E-state index contributed by atoms with van der Waals surface area (Å²) >= 11 is 5.57. The lowest BCUT2D eigenvalue weighted by Gasteiger charge is -2.17. The first kappa shape index (κ1) is 13.5. The van der Waals surface area contributed by atoms with Gasteiger partial charge in [-0.3, -0.25) is 4.79 Å². The maximum atomic E-state index is 13.5. The summed E-state index contributed by atoms with van der Waals surface area (Å²) in [5.74, 6) is -6.47. The summed E-state index contributed by atoms with van der Waals surface area (Å²) in [6, 6.07) is 1.96. The van der Waals surface area contributed by atoms with Crippen molar-refractivity contribution in [3.63, 3.8) is 0 Å². The van der Waals surface area contributed by atoms with Gasteiger partial charge in [0.25, 0.3) is 5.92 Å². The minimum absolute atomic E-state index is 0.0836. The minimum atomic E-state index is -3.73. The average molecular weight is 267 g/mol. The molecule has 1 rings (SSSR count). The average Bonchev–Trinajstić information content (AvgIpc) is 2.18. The van der Waals surface area contributed by atoms with Gasteiger partial charge in [0.2, 0.25) is 0 Å². The molecule has 4 nitrogen and oxygen atoms in total. The van der Waals surface area contributed by atoms with Crippen LogP contribution in [0.3, 0.4) is 0 Å². The van der Waals surface area contributed by atoms with E-state index in [0.717, 1.165) is 12.1 Å². The van der Waals surface area contributed by atoms with Crippen LogP contribution in [0.2, 0.25) is 5.02 Å². The van der Waals surface area contributed by atoms with Crippen LogP contribution in [-0.2, 0) is 10.7 Å². The predicted octanol–water partition coefficient (Wildman–Crippen LogP) is 2.62. The molecule has 94 valence electrons. The van der Waals surface area contributed by atoms with Crippen molar-refractivity contribution in [2.75, 3.05) is 7.11 Å². The third kappa shape index (κ3) is 2.97. The fraction of sp³-hybridized carbons (Fsp3) is 0.300. The summed E-state index contributed by atoms with van der Waals surface area (Å²) in [5.41, 5.74) is -0.871. The Morgan fingerprint density at radius 3 is 2.59 bits per heavy atom. The molecule has 0 aliphatic carbocycles. The number of halogens is 3. The van der Waals surface area contributed by atoms with Crippen LogP contribution >= 0.6 is 11.6 Å². The summed E-state index contributed by atoms with van der Waals surface area (Å²) in [6.45, 7) is 0. The quantitative estimate of drug-likeness (QED) is 0.879. The fourth-order valence-electron chi connectivity index (χ4n) is 1.29. The van der Waals surface area contributed by atoms with Gasteiger partial charge >= 0.3 is 5.97 Å². The second-order valence-electron chi connectivity index (χ2n) is 3.28. The summed E-state index contributed by atoms with van der Waals surface area (Å²) in [6.07, 6.45) is -1.44. The highest BCUT2D eigenvalue weighted by molar-refractivity contribution is 6.30. The van der Waals surface area contributed by atoms with Gasteiger partial charge in [0, 0.05) is 11.1 Å². The molecule has 0 unspecified atom stereocenters. The van der Waals surface area contributed by atoms with Crippen molar-refractivity contribution >= 4 is 17.6 Å². The van der Waals surface area contributed by atoms with E-state index in [9.17, 15) is 18.7 Å². The molecule has 0 amide bonds. The summed E-state index contributed by atoms with van der Waals surface area (Å²) < 4.78 is 31.7. The van der Waals surface area contributed by atoms with E-state index in [2.05, 4.69) is 4.74 Å². The Labute approximate surface area is 100 Å². The van der Waals surface area contributed by atoms with Gasteiger partial charge in [-0.05, 0) is 6.07 Å². The first-order chi connectivity index (χ1) is 7.77. The van der Waals surface area contributed by atoms with Crippen LogP contribution in [0.25, 0.3) is 0 Å². The van der Waals surface area contributed by atoms with Crippen LogP contribution in [0.15, 0.2) is 12.1 Å². The van der Waals surface area contributed by atoms with E-state index in [1.165, 1.54) is 7.11 Å². The third-order valence-corrected chi connectivity index (χ3v) is 2.25. The molecular formula is C10H9ClF2O4. The Balaban J connectivity index is 3.29. The van der Waals surface area contributed by atoms with Crippen LogP contribution in [-0.4, -0.2) is 23.3 Å². The number of hydrogen-bond donors (Lipinski definition) is 2. The van der Waals surface area contributed by atoms with E-state index in [-0.39, 0.29) is 10.8 Å². The van der Waals surface area contributed by atoms with E-state index in [4.69, 9.17) is 16.7 Å². The lowest BCUT2D eigenvalue weighted by atomic mass is 10.0. The molecule has 0 atom stereocenters. The van der Waals surface area contributed by atoms with Crippen molar-refractivity contribution in [2.24, 2.45) is 0 Å². The standard InChI is InChI=1S/C10H9ClF2O4/c1-17-7-3-5(11)2-6(9(7)16)10(12,13)4-8(14)15/h2-3,16H,4H2,1H3,(H,14,15). The SMILES string of the molecule is COc1cc(Cl)cc(C(F)(F)CC(=O)O)c1O. The van der Waals surface area contributed by atoms with E-state index >= 15 is 0 Å². The van der Waals surface area contributed by atoms with Crippen LogP contribution in [0.4, 0.5) is 8.78 Å². The zero-order valence-corrected chi connectivity index (χ0v) is 9.46. The van der Waals surface area contributed by atoms with Gasteiger partial charge in [-0.1, -0.05) is 11.6 Å². The van der Waals surface area contributed by atoms with Gasteiger partial charge in [0.15, 0.2) is 11.5 Å². The number of hydrogen-bond acceptors (Lipinski definition) is 3. The Morgan fingerprint density at radius 2 is 2.12 bits per heavy atom. The van der Waals surface area contributed by atoms with Crippen LogP contribution in [0, 0.1) is 0 Å². The lowest BCUT2D eigenvalue weighted by Crippen LogP contribution is -2.18. The number of phenolic OH excluding ortho intramolecular Hbond substituents is 1. The molecule has 0 aliphatic heterocycles. The van der Waals surface area contributed by atoms with Crippen LogP contribution in [0.5, 0.6) is 11.5 Å². The van der Waals surface area contributed by atoms with Crippen molar-refractivity contribution in [3.8, 4) is 11.5 Å². The number of carbonyl (C=O) groups is 1. The van der Waals surface area contributed by atoms with Gasteiger partial charge in [-0.15, -0.1) is 0 Å². The zero-order chi connectivity index (χ0) is 13.2. The molecule has 0 radical (unpaired) electrons. The first-order valence-corrected chi connectivity index (χ1v) is 4.82. The van der Waals surface area contributed by atoms with E-state index in [1.807, 2.05) is 0 Å². The number of ether oxygens (including phenoxy) is 1. The predicted molar refractivity (Wildman–Crippen MR) is 55.8 cm³/mol. The number of carboxylic acids is 1. The molecule has 0 aliphatic rings. The molecule has 0 heterocycles. The van der Waals surface area contributed by atoms with E-state index in [0.29, 0.717) is 0 Å². The number of phenols is 1. The summed E-state index contributed by atoms with van der Waals surface area (Å²) in [5, 5.41) is 17.8. The van der Waals surface area contributed by atoms with E-state index < -0.39 is 29.6 Å². The molecule has 0 fully saturated rings. The highest BCUT2D eigenvalue weighted by atomic mass is 35.5. The molecule has 1 aromatic carbocycles. The summed E-state index contributed by atoms with van der Waals surface area (Å²) in [4.78, 5) is 10.3. The largest absolute Gasteiger partial charge is 0.504 e. The molecule has 0 saturated heterocycles. The molecule has 2 N–H and O–H groups in total. The van der Waals surface area contributed by atoms with Crippen molar-refractivity contribution in [1.82, 2.24) is 0 Å². The lowest BCUT2D eigenvalue weighted by molar-refractivity contribution is -0.145. The van der Waals surface area contributed by atoms with E-state index in [1.54, 1.807) is 0 Å². The number of alkyl halides is 2. The number of rotatable bonds is 4. The number of aromatic hydroxyl groups is 1. The highest BCUT2D eigenvalue weighted by Crippen LogP contribution is 2.43. The number of benzene rings is 1. The van der Waals surface area contributed by atoms with Crippen LogP contribution < -0.4 is 4.74 Å². The topological polar surface area (TPSA) is 66.8 Å². The van der Waals surface area contributed by atoms with Gasteiger partial charge < -0.3 is 14.9 Å². The molecule has 1 aromatic rings. The van der Waals surface area contributed by atoms with Crippen molar-refractivity contribution in [3.05, 3.63) is 22.7 Å². The molecule has 7 heteroatoms. The van der Waals surface area contributed by atoms with Crippen LogP contribution in [0.1, 0.15) is 12.0 Å². The van der Waals surface area contributed by atoms with Crippen molar-refractivity contribution in [1.29, 1.82) is 0 Å². The second-order valence-corrected chi connectivity index (χ2v) is 3.72. The molecule has 0 aromatic heterocycles. The maximum absolute atomic E-state index is 13.5. The molecule has 0 spiro atoms. The smallest absolute Gasteiger partial charge is 0.309 e. The second kappa shape index (κ2) is 4.75. The fourth-order valence-corrected chi connectivity index (χ4v) is 1.50. The minimum Gasteiger partial charge on any atom is -0.504 e. The summed E-state index contributed by atoms with van der Waals surface area (Å²) in [7, 11) is 1.17.